The summed E-state index contributed by atoms with van der Waals surface area (Å²) in [5.41, 5.74) is -0.987. The third-order valence-corrected chi connectivity index (χ3v) is 9.65. The van der Waals surface area contributed by atoms with Crippen LogP contribution in [0.2, 0.25) is 0 Å². The van der Waals surface area contributed by atoms with Crippen LogP contribution in [-0.2, 0) is 19.1 Å². The average Bonchev–Trinajstić information content (AvgIpc) is 3.33. The highest BCUT2D eigenvalue weighted by Crippen LogP contribution is 2.45. The summed E-state index contributed by atoms with van der Waals surface area (Å²) < 4.78 is 12.6. The molecule has 3 amide bonds. The van der Waals surface area contributed by atoms with Gasteiger partial charge in [0.1, 0.15) is 39.7 Å². The molecule has 6 rings (SSSR count). The quantitative estimate of drug-likeness (QED) is 0.327. The number of fused-ring (bicyclic) bond motifs is 3. The zero-order chi connectivity index (χ0) is 34.1. The Hall–Kier alpha value is -4.59. The highest BCUT2D eigenvalue weighted by atomic mass is 32.1. The van der Waals surface area contributed by atoms with Gasteiger partial charge >= 0.3 is 12.1 Å². The molecule has 48 heavy (non-hydrogen) atoms. The second-order valence-electron chi connectivity index (χ2n) is 13.5. The molecule has 254 valence electrons. The number of hydrogen-bond donors (Lipinski definition) is 3. The number of hydrogen-bond acceptors (Lipinski definition) is 10. The summed E-state index contributed by atoms with van der Waals surface area (Å²) in [6, 6.07) is 5.27. The first-order valence-corrected chi connectivity index (χ1v) is 17.2. The Morgan fingerprint density at radius 2 is 1.98 bits per heavy atom. The maximum Gasteiger partial charge on any atom is 0.408 e. The monoisotopic (exact) mass is 676 g/mol. The number of allylic oxidation sites excluding steroid dienone is 1. The Balaban J connectivity index is 1.31. The number of nitrogens with one attached hydrogen (secondary N) is 2. The molecular formula is C34H40N6O7S. The number of carbonyl (C=O) groups is 4. The van der Waals surface area contributed by atoms with E-state index < -0.39 is 53.2 Å². The average molecular weight is 677 g/mol. The highest BCUT2D eigenvalue weighted by Gasteiger charge is 2.61. The van der Waals surface area contributed by atoms with Gasteiger partial charge in [0.15, 0.2) is 5.82 Å². The second kappa shape index (κ2) is 13.5. The minimum absolute atomic E-state index is 0.0165. The fourth-order valence-electron chi connectivity index (χ4n) is 6.28. The summed E-state index contributed by atoms with van der Waals surface area (Å²) in [5, 5.41) is 17.5. The lowest BCUT2D eigenvalue weighted by Gasteiger charge is -2.30. The molecule has 0 aromatic carbocycles. The normalized spacial score (nSPS) is 27.1. The lowest BCUT2D eigenvalue weighted by molar-refractivity contribution is -0.145. The molecule has 0 radical (unpaired) electrons. The first-order chi connectivity index (χ1) is 22.9. The Morgan fingerprint density at radius 3 is 2.73 bits per heavy atom. The molecule has 3 aromatic heterocycles. The Morgan fingerprint density at radius 1 is 1.15 bits per heavy atom. The predicted octanol–water partition coefficient (Wildman–Crippen LogP) is 4.47. The van der Waals surface area contributed by atoms with E-state index in [1.165, 1.54) is 16.2 Å². The molecule has 1 saturated carbocycles. The molecule has 1 saturated heterocycles. The van der Waals surface area contributed by atoms with Crippen molar-refractivity contribution in [3.63, 3.8) is 0 Å². The maximum absolute atomic E-state index is 14.3. The zero-order valence-electron chi connectivity index (χ0n) is 27.2. The number of ether oxygens (including phenoxy) is 2. The number of rotatable bonds is 5. The molecule has 13 nitrogen and oxygen atoms in total. The van der Waals surface area contributed by atoms with Crippen molar-refractivity contribution < 1.29 is 33.8 Å². The largest absolute Gasteiger partial charge is 0.479 e. The van der Waals surface area contributed by atoms with E-state index in [1.807, 2.05) is 29.7 Å². The molecule has 2 fully saturated rings. The SMILES string of the molecule is CC(C)(C)OC(=O)N[C@H]1CCCCC/C=C\C2C[C@@]2(C(=O)O)NC(=O)[C@@H]2C[C@@H](Oc3nc(-c4ccccn4)nc4ccsc34)CN2C1=O. The summed E-state index contributed by atoms with van der Waals surface area (Å²) in [6.07, 6.45) is 7.80. The van der Waals surface area contributed by atoms with Crippen LogP contribution in [0.3, 0.4) is 0 Å². The number of nitrogens with zero attached hydrogens (tertiary/aromatic N) is 4. The summed E-state index contributed by atoms with van der Waals surface area (Å²) in [4.78, 5) is 68.6. The molecule has 5 atom stereocenters. The van der Waals surface area contributed by atoms with Crippen LogP contribution in [0.25, 0.3) is 21.7 Å². The van der Waals surface area contributed by atoms with E-state index in [1.54, 1.807) is 39.1 Å². The summed E-state index contributed by atoms with van der Waals surface area (Å²) in [5.74, 6) is -1.84. The van der Waals surface area contributed by atoms with E-state index in [4.69, 9.17) is 9.47 Å². The molecule has 5 heterocycles. The third-order valence-electron chi connectivity index (χ3n) is 8.76. The number of aromatic nitrogens is 3. The van der Waals surface area contributed by atoms with Gasteiger partial charge in [0.25, 0.3) is 0 Å². The lowest BCUT2D eigenvalue weighted by atomic mass is 10.0. The number of pyridine rings is 1. The molecule has 14 heteroatoms. The van der Waals surface area contributed by atoms with Gasteiger partial charge in [0.2, 0.25) is 17.7 Å². The van der Waals surface area contributed by atoms with E-state index in [2.05, 4.69) is 25.6 Å². The number of aliphatic carboxylic acids is 1. The topological polar surface area (TPSA) is 173 Å². The van der Waals surface area contributed by atoms with E-state index in [-0.39, 0.29) is 25.3 Å². The van der Waals surface area contributed by atoms with E-state index in [0.29, 0.717) is 40.5 Å². The number of carboxylic acid groups (broad SMARTS) is 1. The molecule has 3 N–H and O–H groups in total. The third kappa shape index (κ3) is 7.28. The first kappa shape index (κ1) is 33.3. The number of thiophene rings is 1. The Kier molecular flexibility index (Phi) is 9.37. The van der Waals surface area contributed by atoms with Crippen molar-refractivity contribution in [1.29, 1.82) is 0 Å². The highest BCUT2D eigenvalue weighted by molar-refractivity contribution is 7.17. The van der Waals surface area contributed by atoms with Gasteiger partial charge in [-0.2, -0.15) is 4.98 Å². The van der Waals surface area contributed by atoms with Crippen molar-refractivity contribution >= 4 is 45.4 Å². The van der Waals surface area contributed by atoms with Crippen molar-refractivity contribution in [3.8, 4) is 17.4 Å². The lowest BCUT2D eigenvalue weighted by Crippen LogP contribution is -2.56. The minimum Gasteiger partial charge on any atom is -0.479 e. The standard InChI is InChI=1S/C34H40N6O7S/c1-33(2,3)47-32(45)37-24-13-8-6-4-5-7-11-20-18-34(20,31(43)44)39-28(41)25-17-21(19-40(25)30(24)42)46-29-26-22(14-16-48-26)36-27(38-29)23-12-9-10-15-35-23/h7,9-12,14-16,20-21,24-25H,4-6,8,13,17-19H2,1-3H3,(H,37,45)(H,39,41)(H,43,44)/b11-7-/t20?,21-,24+,25+,34-/m1/s1. The van der Waals surface area contributed by atoms with E-state index in [0.717, 1.165) is 19.3 Å². The van der Waals surface area contributed by atoms with Crippen LogP contribution in [0.1, 0.15) is 65.7 Å². The van der Waals surface area contributed by atoms with E-state index >= 15 is 0 Å². The molecule has 2 aliphatic heterocycles. The molecule has 1 aliphatic carbocycles. The van der Waals surface area contributed by atoms with Crippen LogP contribution in [-0.4, -0.2) is 84.7 Å². The summed E-state index contributed by atoms with van der Waals surface area (Å²) in [6.45, 7) is 5.23. The van der Waals surface area contributed by atoms with Crippen molar-refractivity contribution in [2.45, 2.75) is 95.0 Å². The van der Waals surface area contributed by atoms with Gasteiger partial charge in [-0.05, 0) is 70.0 Å². The van der Waals surface area contributed by atoms with Crippen LogP contribution >= 0.6 is 11.3 Å². The molecule has 0 bridgehead atoms. The fraction of sp³-hybridized carbons (Fsp3) is 0.500. The van der Waals surface area contributed by atoms with Gasteiger partial charge in [-0.15, -0.1) is 11.3 Å². The molecule has 0 spiro atoms. The minimum atomic E-state index is -1.44. The van der Waals surface area contributed by atoms with Gasteiger partial charge in [-0.3, -0.25) is 14.6 Å². The van der Waals surface area contributed by atoms with Crippen molar-refractivity contribution in [2.24, 2.45) is 5.92 Å². The summed E-state index contributed by atoms with van der Waals surface area (Å²) in [7, 11) is 0. The molecule has 3 aliphatic rings. The van der Waals surface area contributed by atoms with Crippen LogP contribution in [0.4, 0.5) is 4.79 Å². The Labute approximate surface area is 282 Å². The first-order valence-electron chi connectivity index (χ1n) is 16.3. The summed E-state index contributed by atoms with van der Waals surface area (Å²) >= 11 is 1.41. The van der Waals surface area contributed by atoms with Crippen LogP contribution in [0.15, 0.2) is 48.0 Å². The number of carboxylic acids is 1. The van der Waals surface area contributed by atoms with Gasteiger partial charge in [-0.1, -0.05) is 31.1 Å². The van der Waals surface area contributed by atoms with Crippen LogP contribution in [0.5, 0.6) is 5.88 Å². The van der Waals surface area contributed by atoms with Crippen molar-refractivity contribution in [2.75, 3.05) is 6.54 Å². The number of amides is 3. The molecular weight excluding hydrogens is 636 g/mol. The van der Waals surface area contributed by atoms with E-state index in [9.17, 15) is 24.3 Å². The van der Waals surface area contributed by atoms with Gasteiger partial charge < -0.3 is 30.1 Å². The van der Waals surface area contributed by atoms with Crippen molar-refractivity contribution in [3.05, 3.63) is 48.0 Å². The van der Waals surface area contributed by atoms with Crippen LogP contribution in [0, 0.1) is 5.92 Å². The fourth-order valence-corrected chi connectivity index (χ4v) is 7.04. The molecule has 1 unspecified atom stereocenters. The zero-order valence-corrected chi connectivity index (χ0v) is 28.0. The number of alkyl carbamates (subject to hydrolysis) is 1. The second-order valence-corrected chi connectivity index (χ2v) is 14.4. The van der Waals surface area contributed by atoms with Gasteiger partial charge in [-0.25, -0.2) is 14.6 Å². The van der Waals surface area contributed by atoms with Crippen LogP contribution < -0.4 is 15.4 Å². The van der Waals surface area contributed by atoms with Gasteiger partial charge in [0, 0.05) is 18.5 Å². The predicted molar refractivity (Wildman–Crippen MR) is 177 cm³/mol. The maximum atomic E-state index is 14.3. The Bertz CT molecular complexity index is 1720. The smallest absolute Gasteiger partial charge is 0.408 e. The number of carbonyl (C=O) groups excluding carboxylic acids is 3. The molecule has 3 aromatic rings. The van der Waals surface area contributed by atoms with Gasteiger partial charge in [0.05, 0.1) is 12.1 Å². The van der Waals surface area contributed by atoms with Crippen molar-refractivity contribution in [1.82, 2.24) is 30.5 Å².